The number of rotatable bonds is 10. The van der Waals surface area contributed by atoms with E-state index in [2.05, 4.69) is 125 Å². The van der Waals surface area contributed by atoms with Crippen LogP contribution in [0.3, 0.4) is 0 Å². The molecule has 0 fully saturated rings. The zero-order valence-electron chi connectivity index (χ0n) is 23.0. The molecule has 4 aromatic rings. The number of allylic oxidation sites excluding steroid dienone is 4. The zero-order valence-corrected chi connectivity index (χ0v) is 23.9. The van der Waals surface area contributed by atoms with Gasteiger partial charge in [-0.1, -0.05) is 125 Å². The summed E-state index contributed by atoms with van der Waals surface area (Å²) in [6, 6.07) is 34.0. The van der Waals surface area contributed by atoms with Crippen molar-refractivity contribution in [2.75, 3.05) is 0 Å². The number of benzene rings is 4. The third-order valence-corrected chi connectivity index (χ3v) is 9.40. The van der Waals surface area contributed by atoms with E-state index in [9.17, 15) is 0 Å². The molecule has 38 heavy (non-hydrogen) atoms. The molecule has 0 aliphatic heterocycles. The standard InChI is InChI=1S/C36H38FP/c1-5-17-27(7-3)33-25-29(37)26-34(28(8-4)18-6-2)36(33)32-23-15-16-24-35(32)38(30-19-11-9-12-20-30)31-21-13-10-14-22-31/h9-26H,5-8H2,1-4H3/b27-17+,28-18+. The lowest BCUT2D eigenvalue weighted by Gasteiger charge is -2.26. The molecule has 0 amide bonds. The van der Waals surface area contributed by atoms with Crippen LogP contribution in [0.5, 0.6) is 0 Å². The molecular formula is C36H38FP. The predicted octanol–water partition coefficient (Wildman–Crippen LogP) is 9.66. The molecule has 0 unspecified atom stereocenters. The van der Waals surface area contributed by atoms with Crippen LogP contribution in [0.15, 0.2) is 109 Å². The first kappa shape index (κ1) is 27.7. The van der Waals surface area contributed by atoms with Gasteiger partial charge in [-0.25, -0.2) is 4.39 Å². The van der Waals surface area contributed by atoms with Crippen molar-refractivity contribution in [3.05, 3.63) is 126 Å². The van der Waals surface area contributed by atoms with E-state index in [4.69, 9.17) is 0 Å². The highest BCUT2D eigenvalue weighted by Crippen LogP contribution is 2.43. The van der Waals surface area contributed by atoms with Gasteiger partial charge >= 0.3 is 0 Å². The number of halogens is 1. The smallest absolute Gasteiger partial charge is 0.124 e. The maximum absolute atomic E-state index is 15.3. The topological polar surface area (TPSA) is 0 Å². The van der Waals surface area contributed by atoms with E-state index in [1.165, 1.54) is 32.6 Å². The molecule has 2 heteroatoms. The van der Waals surface area contributed by atoms with Gasteiger partial charge in [0, 0.05) is 0 Å². The largest absolute Gasteiger partial charge is 0.207 e. The van der Waals surface area contributed by atoms with E-state index in [-0.39, 0.29) is 5.82 Å². The van der Waals surface area contributed by atoms with Gasteiger partial charge in [0.05, 0.1) is 0 Å². The molecule has 0 heterocycles. The van der Waals surface area contributed by atoms with Crippen molar-refractivity contribution in [2.24, 2.45) is 0 Å². The molecule has 0 nitrogen and oxygen atoms in total. The van der Waals surface area contributed by atoms with Crippen LogP contribution in [-0.4, -0.2) is 0 Å². The summed E-state index contributed by atoms with van der Waals surface area (Å²) in [4.78, 5) is 0. The lowest BCUT2D eigenvalue weighted by atomic mass is 9.85. The minimum atomic E-state index is -0.818. The summed E-state index contributed by atoms with van der Waals surface area (Å²) in [7, 11) is -0.818. The average molecular weight is 521 g/mol. The molecule has 0 aliphatic carbocycles. The molecule has 0 N–H and O–H groups in total. The summed E-state index contributed by atoms with van der Waals surface area (Å²) in [6.45, 7) is 8.65. The zero-order chi connectivity index (χ0) is 26.9. The Hall–Kier alpha value is -3.28. The maximum atomic E-state index is 15.3. The van der Waals surface area contributed by atoms with Gasteiger partial charge in [-0.15, -0.1) is 0 Å². The summed E-state index contributed by atoms with van der Waals surface area (Å²) < 4.78 is 15.3. The van der Waals surface area contributed by atoms with Gasteiger partial charge in [0.25, 0.3) is 0 Å². The molecule has 0 bridgehead atoms. The summed E-state index contributed by atoms with van der Waals surface area (Å²) in [5.74, 6) is -0.171. The Morgan fingerprint density at radius 3 is 1.53 bits per heavy atom. The highest BCUT2D eigenvalue weighted by molar-refractivity contribution is 7.80. The van der Waals surface area contributed by atoms with Crippen molar-refractivity contribution in [3.63, 3.8) is 0 Å². The van der Waals surface area contributed by atoms with Gasteiger partial charge in [0.2, 0.25) is 0 Å². The van der Waals surface area contributed by atoms with Crippen LogP contribution < -0.4 is 15.9 Å². The first-order chi connectivity index (χ1) is 18.6. The lowest BCUT2D eigenvalue weighted by Crippen LogP contribution is -2.22. The fraction of sp³-hybridized carbons (Fsp3) is 0.222. The molecule has 0 aromatic heterocycles. The Kier molecular flexibility index (Phi) is 9.85. The monoisotopic (exact) mass is 520 g/mol. The Bertz CT molecular complexity index is 1320. The molecule has 0 spiro atoms. The number of hydrogen-bond donors (Lipinski definition) is 0. The second kappa shape index (κ2) is 13.5. The fourth-order valence-corrected chi connectivity index (χ4v) is 7.70. The SMILES string of the molecule is CC/C=C(\CC)c1cc(F)cc(/C(=C/CC)CC)c1-c1ccccc1P(c1ccccc1)c1ccccc1. The van der Waals surface area contributed by atoms with E-state index in [0.717, 1.165) is 42.4 Å². The maximum Gasteiger partial charge on any atom is 0.124 e. The summed E-state index contributed by atoms with van der Waals surface area (Å²) in [6.07, 6.45) is 8.08. The van der Waals surface area contributed by atoms with Crippen molar-refractivity contribution in [1.29, 1.82) is 0 Å². The molecule has 4 aromatic carbocycles. The van der Waals surface area contributed by atoms with E-state index < -0.39 is 7.92 Å². The van der Waals surface area contributed by atoms with E-state index in [1.54, 1.807) is 12.1 Å². The van der Waals surface area contributed by atoms with Gasteiger partial charge in [-0.2, -0.15) is 0 Å². The second-order valence-electron chi connectivity index (χ2n) is 9.38. The van der Waals surface area contributed by atoms with Crippen molar-refractivity contribution in [3.8, 4) is 11.1 Å². The molecular weight excluding hydrogens is 482 g/mol. The first-order valence-corrected chi connectivity index (χ1v) is 15.2. The van der Waals surface area contributed by atoms with Crippen LogP contribution in [-0.2, 0) is 0 Å². The lowest BCUT2D eigenvalue weighted by molar-refractivity contribution is 0.627. The Morgan fingerprint density at radius 2 is 1.08 bits per heavy atom. The molecule has 4 rings (SSSR count). The Morgan fingerprint density at radius 1 is 0.632 bits per heavy atom. The number of hydrogen-bond acceptors (Lipinski definition) is 0. The van der Waals surface area contributed by atoms with Gasteiger partial charge in [-0.05, 0) is 95.1 Å². The first-order valence-electron chi connectivity index (χ1n) is 13.8. The summed E-state index contributed by atoms with van der Waals surface area (Å²) in [5.41, 5.74) is 6.79. The van der Waals surface area contributed by atoms with Crippen LogP contribution in [0, 0.1) is 5.82 Å². The highest BCUT2D eigenvalue weighted by atomic mass is 31.1. The van der Waals surface area contributed by atoms with Gasteiger partial charge in [0.1, 0.15) is 5.82 Å². The molecule has 0 atom stereocenters. The minimum Gasteiger partial charge on any atom is -0.207 e. The molecule has 0 saturated heterocycles. The van der Waals surface area contributed by atoms with Gasteiger partial charge < -0.3 is 0 Å². The second-order valence-corrected chi connectivity index (χ2v) is 11.6. The normalized spacial score (nSPS) is 12.3. The van der Waals surface area contributed by atoms with Crippen molar-refractivity contribution >= 4 is 35.0 Å². The average Bonchev–Trinajstić information content (AvgIpc) is 2.96. The molecule has 0 saturated carbocycles. The Labute approximate surface area is 229 Å². The van der Waals surface area contributed by atoms with Crippen LogP contribution >= 0.6 is 7.92 Å². The van der Waals surface area contributed by atoms with Crippen molar-refractivity contribution in [1.82, 2.24) is 0 Å². The molecule has 0 radical (unpaired) electrons. The van der Waals surface area contributed by atoms with Crippen molar-refractivity contribution in [2.45, 2.75) is 53.4 Å². The van der Waals surface area contributed by atoms with E-state index in [1.807, 2.05) is 0 Å². The predicted molar refractivity (Wildman–Crippen MR) is 168 cm³/mol. The van der Waals surface area contributed by atoms with Gasteiger partial charge in [0.15, 0.2) is 0 Å². The molecule has 194 valence electrons. The molecule has 0 aliphatic rings. The highest BCUT2D eigenvalue weighted by Gasteiger charge is 2.24. The van der Waals surface area contributed by atoms with E-state index in [0.29, 0.717) is 0 Å². The van der Waals surface area contributed by atoms with Crippen LogP contribution in [0.1, 0.15) is 64.5 Å². The quantitative estimate of drug-likeness (QED) is 0.183. The minimum absolute atomic E-state index is 0.171. The van der Waals surface area contributed by atoms with Crippen LogP contribution in [0.25, 0.3) is 22.3 Å². The van der Waals surface area contributed by atoms with Crippen LogP contribution in [0.2, 0.25) is 0 Å². The van der Waals surface area contributed by atoms with Gasteiger partial charge in [-0.3, -0.25) is 0 Å². The van der Waals surface area contributed by atoms with Crippen molar-refractivity contribution < 1.29 is 4.39 Å². The van der Waals surface area contributed by atoms with E-state index >= 15 is 4.39 Å². The summed E-state index contributed by atoms with van der Waals surface area (Å²) in [5, 5.41) is 3.92. The summed E-state index contributed by atoms with van der Waals surface area (Å²) >= 11 is 0. The third kappa shape index (κ3) is 6.06. The fourth-order valence-electron chi connectivity index (χ4n) is 5.25. The Balaban J connectivity index is 2.11. The van der Waals surface area contributed by atoms with Crippen LogP contribution in [0.4, 0.5) is 4.39 Å². The third-order valence-electron chi connectivity index (χ3n) is 6.90.